The SMILES string of the molecule is C/C(O)=C(\[N+]#N)C(=O)OCc1ccn(C(=O)OC(C)(C)C)c1. The first kappa shape index (κ1) is 17.2. The van der Waals surface area contributed by atoms with Crippen molar-refractivity contribution in [2.24, 2.45) is 0 Å². The fourth-order valence-electron chi connectivity index (χ4n) is 1.43. The van der Waals surface area contributed by atoms with Crippen molar-refractivity contribution in [2.45, 2.75) is 39.9 Å². The first-order valence-corrected chi connectivity index (χ1v) is 6.46. The summed E-state index contributed by atoms with van der Waals surface area (Å²) in [6, 6.07) is 1.57. The molecule has 0 saturated carbocycles. The van der Waals surface area contributed by atoms with Gasteiger partial charge in [-0.05, 0) is 26.8 Å². The van der Waals surface area contributed by atoms with E-state index in [2.05, 4.69) is 4.98 Å². The van der Waals surface area contributed by atoms with Crippen molar-refractivity contribution in [3.63, 3.8) is 0 Å². The van der Waals surface area contributed by atoms with Gasteiger partial charge in [-0.15, -0.1) is 0 Å². The van der Waals surface area contributed by atoms with E-state index in [0.717, 1.165) is 0 Å². The number of hydrogen-bond acceptors (Lipinski definition) is 6. The molecule has 0 unspecified atom stereocenters. The van der Waals surface area contributed by atoms with Crippen molar-refractivity contribution >= 4 is 12.1 Å². The molecule has 1 aromatic heterocycles. The average Bonchev–Trinajstić information content (AvgIpc) is 2.83. The van der Waals surface area contributed by atoms with Crippen LogP contribution in [0.15, 0.2) is 29.9 Å². The van der Waals surface area contributed by atoms with Crippen LogP contribution in [-0.2, 0) is 20.9 Å². The van der Waals surface area contributed by atoms with E-state index in [0.29, 0.717) is 5.56 Å². The number of diazo groups is 1. The highest BCUT2D eigenvalue weighted by molar-refractivity contribution is 5.90. The number of ether oxygens (including phenoxy) is 2. The Kier molecular flexibility index (Phi) is 5.29. The molecule has 0 aliphatic carbocycles. The normalized spacial score (nSPS) is 12.1. The number of carbonyl (C=O) groups excluding carboxylic acids is 2. The molecular formula is C14H18N3O5+. The van der Waals surface area contributed by atoms with Crippen molar-refractivity contribution in [2.75, 3.05) is 0 Å². The number of hydrogen-bond donors (Lipinski definition) is 1. The fraction of sp³-hybridized carbons (Fsp3) is 0.429. The van der Waals surface area contributed by atoms with Crippen molar-refractivity contribution in [3.8, 4) is 0 Å². The lowest BCUT2D eigenvalue weighted by Gasteiger charge is -2.19. The number of aliphatic hydroxyl groups excluding tert-OH is 1. The zero-order valence-corrected chi connectivity index (χ0v) is 12.9. The molecule has 8 heteroatoms. The second-order valence-electron chi connectivity index (χ2n) is 5.52. The van der Waals surface area contributed by atoms with Gasteiger partial charge in [-0.3, -0.25) is 4.57 Å². The highest BCUT2D eigenvalue weighted by atomic mass is 16.6. The van der Waals surface area contributed by atoms with Crippen LogP contribution in [0.25, 0.3) is 4.98 Å². The number of carbonyl (C=O) groups is 2. The zero-order chi connectivity index (χ0) is 16.9. The quantitative estimate of drug-likeness (QED) is 0.398. The number of aromatic nitrogens is 1. The molecule has 0 amide bonds. The van der Waals surface area contributed by atoms with Crippen molar-refractivity contribution in [1.82, 2.24) is 4.57 Å². The first-order chi connectivity index (χ1) is 10.1. The summed E-state index contributed by atoms with van der Waals surface area (Å²) in [5.41, 5.74) is -0.659. The number of nitrogens with zero attached hydrogens (tertiary/aromatic N) is 3. The van der Waals surface area contributed by atoms with Crippen LogP contribution >= 0.6 is 0 Å². The van der Waals surface area contributed by atoms with Crippen molar-refractivity contribution < 1.29 is 24.2 Å². The molecule has 0 aliphatic heterocycles. The Morgan fingerprint density at radius 1 is 1.41 bits per heavy atom. The Bertz CT molecular complexity index is 642. The van der Waals surface area contributed by atoms with E-state index in [9.17, 15) is 9.59 Å². The lowest BCUT2D eigenvalue weighted by molar-refractivity contribution is -0.140. The molecular weight excluding hydrogens is 290 g/mol. The molecule has 0 radical (unpaired) electrons. The Balaban J connectivity index is 2.68. The summed E-state index contributed by atoms with van der Waals surface area (Å²) >= 11 is 0. The van der Waals surface area contributed by atoms with Crippen LogP contribution in [0.4, 0.5) is 4.79 Å². The molecule has 0 fully saturated rings. The van der Waals surface area contributed by atoms with Crippen molar-refractivity contribution in [1.29, 1.82) is 5.39 Å². The second kappa shape index (κ2) is 6.76. The maximum atomic E-state index is 11.8. The molecule has 1 rings (SSSR count). The lowest BCUT2D eigenvalue weighted by Crippen LogP contribution is -2.26. The number of rotatable bonds is 3. The van der Waals surface area contributed by atoms with E-state index in [1.54, 1.807) is 26.8 Å². The molecule has 0 aromatic carbocycles. The lowest BCUT2D eigenvalue weighted by atomic mass is 10.2. The third-order valence-corrected chi connectivity index (χ3v) is 2.36. The summed E-state index contributed by atoms with van der Waals surface area (Å²) in [6.07, 6.45) is 2.37. The minimum absolute atomic E-state index is 0.152. The van der Waals surface area contributed by atoms with Crippen LogP contribution in [0.3, 0.4) is 0 Å². The van der Waals surface area contributed by atoms with E-state index in [1.165, 1.54) is 23.9 Å². The topological polar surface area (TPSA) is 106 Å². The highest BCUT2D eigenvalue weighted by Crippen LogP contribution is 2.12. The van der Waals surface area contributed by atoms with E-state index in [-0.39, 0.29) is 6.61 Å². The van der Waals surface area contributed by atoms with Gasteiger partial charge in [-0.25, -0.2) is 9.59 Å². The van der Waals surface area contributed by atoms with E-state index in [1.807, 2.05) is 0 Å². The smallest absolute Gasteiger partial charge is 0.504 e. The molecule has 0 spiro atoms. The predicted molar refractivity (Wildman–Crippen MR) is 76.3 cm³/mol. The van der Waals surface area contributed by atoms with E-state index < -0.39 is 29.1 Å². The van der Waals surface area contributed by atoms with Crippen LogP contribution in [0.1, 0.15) is 33.3 Å². The van der Waals surface area contributed by atoms with E-state index in [4.69, 9.17) is 20.0 Å². The van der Waals surface area contributed by atoms with Gasteiger partial charge in [-0.1, -0.05) is 0 Å². The molecule has 22 heavy (non-hydrogen) atoms. The van der Waals surface area contributed by atoms with Gasteiger partial charge in [0, 0.05) is 24.9 Å². The van der Waals surface area contributed by atoms with E-state index >= 15 is 0 Å². The molecule has 0 atom stereocenters. The van der Waals surface area contributed by atoms with Crippen LogP contribution < -0.4 is 0 Å². The Hall–Kier alpha value is -2.82. The van der Waals surface area contributed by atoms with Crippen LogP contribution in [0, 0.1) is 5.39 Å². The third-order valence-electron chi connectivity index (χ3n) is 2.36. The summed E-state index contributed by atoms with van der Waals surface area (Å²) in [4.78, 5) is 26.0. The number of allylic oxidation sites excluding steroid dienone is 1. The molecule has 0 saturated heterocycles. The van der Waals surface area contributed by atoms with Crippen LogP contribution in [0.2, 0.25) is 0 Å². The minimum atomic E-state index is -0.979. The van der Waals surface area contributed by atoms with Gasteiger partial charge in [0.1, 0.15) is 12.2 Å². The van der Waals surface area contributed by atoms with Gasteiger partial charge in [-0.2, -0.15) is 0 Å². The molecule has 1 aromatic rings. The highest BCUT2D eigenvalue weighted by Gasteiger charge is 2.28. The van der Waals surface area contributed by atoms with Gasteiger partial charge in [0.2, 0.25) is 5.39 Å². The largest absolute Gasteiger partial charge is 0.505 e. The predicted octanol–water partition coefficient (Wildman–Crippen LogP) is 2.96. The maximum Gasteiger partial charge on any atom is 0.504 e. The monoisotopic (exact) mass is 308 g/mol. The van der Waals surface area contributed by atoms with Gasteiger partial charge in [0.25, 0.3) is 0 Å². The Morgan fingerprint density at radius 2 is 2.05 bits per heavy atom. The van der Waals surface area contributed by atoms with Crippen LogP contribution in [0.5, 0.6) is 0 Å². The summed E-state index contributed by atoms with van der Waals surface area (Å²) in [5, 5.41) is 17.7. The number of aliphatic hydroxyl groups is 1. The summed E-state index contributed by atoms with van der Waals surface area (Å²) in [5.74, 6) is -1.44. The Morgan fingerprint density at radius 3 is 2.55 bits per heavy atom. The summed E-state index contributed by atoms with van der Waals surface area (Å²) in [7, 11) is 0. The third kappa shape index (κ3) is 4.94. The molecule has 1 heterocycles. The molecule has 0 aliphatic rings. The maximum absolute atomic E-state index is 11.8. The first-order valence-electron chi connectivity index (χ1n) is 6.46. The van der Waals surface area contributed by atoms with Crippen molar-refractivity contribution in [3.05, 3.63) is 40.5 Å². The van der Waals surface area contributed by atoms with Gasteiger partial charge < -0.3 is 14.6 Å². The molecule has 1 N–H and O–H groups in total. The van der Waals surface area contributed by atoms with Gasteiger partial charge in [0.05, 0.1) is 0 Å². The summed E-state index contributed by atoms with van der Waals surface area (Å²) in [6.45, 7) is 6.29. The standard InChI is InChI=1S/C14H17N3O5/c1-9(18)11(16-15)12(19)21-8-10-5-6-17(7-10)13(20)22-14(2,3)4/h5-7H,8H2,1-4H3/p+1. The summed E-state index contributed by atoms with van der Waals surface area (Å²) < 4.78 is 11.3. The molecule has 0 bridgehead atoms. The second-order valence-corrected chi connectivity index (χ2v) is 5.52. The van der Waals surface area contributed by atoms with Crippen LogP contribution in [-0.4, -0.2) is 27.3 Å². The average molecular weight is 308 g/mol. The minimum Gasteiger partial charge on any atom is -0.505 e. The van der Waals surface area contributed by atoms with Gasteiger partial charge >= 0.3 is 17.8 Å². The van der Waals surface area contributed by atoms with Gasteiger partial charge in [0.15, 0.2) is 10.7 Å². The molecule has 8 nitrogen and oxygen atoms in total. The molecule has 118 valence electrons. The Labute approximate surface area is 127 Å². The fourth-order valence-corrected chi connectivity index (χ4v) is 1.43. The number of esters is 1. The zero-order valence-electron chi connectivity index (χ0n) is 12.9.